The van der Waals surface area contributed by atoms with Crippen LogP contribution in [0, 0.1) is 0 Å². The van der Waals surface area contributed by atoms with Crippen LogP contribution in [-0.4, -0.2) is 24.1 Å². The number of hydrogen-bond acceptors (Lipinski definition) is 3. The average molecular weight is 250 g/mol. The second-order valence-corrected chi connectivity index (χ2v) is 4.21. The number of halogens is 1. The Morgan fingerprint density at radius 1 is 1.24 bits per heavy atom. The van der Waals surface area contributed by atoms with Crippen LogP contribution in [0.1, 0.15) is 6.42 Å². The third kappa shape index (κ3) is 2.51. The molecule has 1 aromatic heterocycles. The Hall–Kier alpha value is -1.32. The molecule has 2 heterocycles. The Kier molecular flexibility index (Phi) is 3.82. The van der Waals surface area contributed by atoms with E-state index in [0.717, 1.165) is 24.3 Å². The SMILES string of the molecule is Cl.c1cnc2c(N[C@@H]3CCNC3)cccc2c1. The molecule has 2 aromatic rings. The van der Waals surface area contributed by atoms with E-state index in [4.69, 9.17) is 0 Å². The first-order chi connectivity index (χ1) is 7.93. The van der Waals surface area contributed by atoms with Crippen LogP contribution in [0.25, 0.3) is 10.9 Å². The van der Waals surface area contributed by atoms with Crippen molar-refractivity contribution in [2.75, 3.05) is 18.4 Å². The lowest BCUT2D eigenvalue weighted by molar-refractivity contribution is 0.794. The molecule has 0 amide bonds. The van der Waals surface area contributed by atoms with E-state index in [2.05, 4.69) is 39.9 Å². The average Bonchev–Trinajstić information content (AvgIpc) is 2.82. The molecular formula is C13H16ClN3. The van der Waals surface area contributed by atoms with Crippen LogP contribution < -0.4 is 10.6 Å². The highest BCUT2D eigenvalue weighted by Gasteiger charge is 2.14. The fourth-order valence-corrected chi connectivity index (χ4v) is 2.22. The highest BCUT2D eigenvalue weighted by Crippen LogP contribution is 2.22. The molecule has 4 heteroatoms. The van der Waals surface area contributed by atoms with Gasteiger partial charge in [-0.15, -0.1) is 12.4 Å². The molecule has 3 nitrogen and oxygen atoms in total. The lowest BCUT2D eigenvalue weighted by atomic mass is 10.1. The lowest BCUT2D eigenvalue weighted by Gasteiger charge is -2.14. The first-order valence-corrected chi connectivity index (χ1v) is 5.74. The number of pyridine rings is 1. The predicted molar refractivity (Wildman–Crippen MR) is 73.9 cm³/mol. The van der Waals surface area contributed by atoms with Crippen LogP contribution in [0.5, 0.6) is 0 Å². The Morgan fingerprint density at radius 3 is 2.94 bits per heavy atom. The molecule has 0 unspecified atom stereocenters. The molecule has 0 spiro atoms. The standard InChI is InChI=1S/C13H15N3.ClH/c1-3-10-4-2-7-15-13(10)12(5-1)16-11-6-8-14-9-11;/h1-5,7,11,14,16H,6,8-9H2;1H/t11-;/m1./s1. The van der Waals surface area contributed by atoms with Gasteiger partial charge in [-0.2, -0.15) is 0 Å². The second-order valence-electron chi connectivity index (χ2n) is 4.21. The maximum atomic E-state index is 4.44. The third-order valence-electron chi connectivity index (χ3n) is 3.05. The summed E-state index contributed by atoms with van der Waals surface area (Å²) in [5, 5.41) is 8.11. The number of benzene rings is 1. The minimum Gasteiger partial charge on any atom is -0.379 e. The Bertz CT molecular complexity index is 489. The van der Waals surface area contributed by atoms with Gasteiger partial charge in [-0.05, 0) is 25.1 Å². The van der Waals surface area contributed by atoms with Crippen LogP contribution in [0.4, 0.5) is 5.69 Å². The highest BCUT2D eigenvalue weighted by molar-refractivity contribution is 5.90. The maximum Gasteiger partial charge on any atom is 0.0933 e. The fraction of sp³-hybridized carbons (Fsp3) is 0.308. The number of para-hydroxylation sites is 1. The maximum absolute atomic E-state index is 4.44. The fourth-order valence-electron chi connectivity index (χ4n) is 2.22. The van der Waals surface area contributed by atoms with Gasteiger partial charge >= 0.3 is 0 Å². The van der Waals surface area contributed by atoms with Gasteiger partial charge in [0.05, 0.1) is 11.2 Å². The summed E-state index contributed by atoms with van der Waals surface area (Å²) in [5.74, 6) is 0. The van der Waals surface area contributed by atoms with Crippen LogP contribution in [-0.2, 0) is 0 Å². The van der Waals surface area contributed by atoms with Crippen LogP contribution in [0.15, 0.2) is 36.5 Å². The first-order valence-electron chi connectivity index (χ1n) is 5.74. The molecule has 90 valence electrons. The van der Waals surface area contributed by atoms with E-state index in [1.807, 2.05) is 12.3 Å². The summed E-state index contributed by atoms with van der Waals surface area (Å²) in [5.41, 5.74) is 2.21. The van der Waals surface area contributed by atoms with E-state index in [9.17, 15) is 0 Å². The number of rotatable bonds is 2. The molecule has 1 atom stereocenters. The Labute approximate surface area is 107 Å². The molecule has 1 saturated heterocycles. The van der Waals surface area contributed by atoms with Gasteiger partial charge in [0.25, 0.3) is 0 Å². The normalized spacial score (nSPS) is 18.9. The van der Waals surface area contributed by atoms with E-state index in [0.29, 0.717) is 6.04 Å². The van der Waals surface area contributed by atoms with Gasteiger partial charge in [-0.1, -0.05) is 18.2 Å². The number of anilines is 1. The van der Waals surface area contributed by atoms with Crippen molar-refractivity contribution >= 4 is 29.0 Å². The molecule has 0 radical (unpaired) electrons. The van der Waals surface area contributed by atoms with Crippen molar-refractivity contribution in [3.8, 4) is 0 Å². The molecule has 0 aliphatic carbocycles. The lowest BCUT2D eigenvalue weighted by Crippen LogP contribution is -2.22. The minimum absolute atomic E-state index is 0. The van der Waals surface area contributed by atoms with Crippen molar-refractivity contribution in [2.45, 2.75) is 12.5 Å². The van der Waals surface area contributed by atoms with Crippen molar-refractivity contribution in [2.24, 2.45) is 0 Å². The smallest absolute Gasteiger partial charge is 0.0933 e. The Morgan fingerprint density at radius 2 is 2.12 bits per heavy atom. The van der Waals surface area contributed by atoms with Gasteiger partial charge in [0.1, 0.15) is 0 Å². The molecule has 1 aliphatic rings. The molecule has 1 aromatic carbocycles. The monoisotopic (exact) mass is 249 g/mol. The number of nitrogens with zero attached hydrogens (tertiary/aromatic N) is 1. The molecular weight excluding hydrogens is 234 g/mol. The molecule has 17 heavy (non-hydrogen) atoms. The highest BCUT2D eigenvalue weighted by atomic mass is 35.5. The van der Waals surface area contributed by atoms with E-state index in [1.54, 1.807) is 0 Å². The van der Waals surface area contributed by atoms with E-state index < -0.39 is 0 Å². The van der Waals surface area contributed by atoms with E-state index >= 15 is 0 Å². The molecule has 0 bridgehead atoms. The summed E-state index contributed by atoms with van der Waals surface area (Å²) in [7, 11) is 0. The molecule has 3 rings (SSSR count). The molecule has 2 N–H and O–H groups in total. The second kappa shape index (κ2) is 5.34. The summed E-state index contributed by atoms with van der Waals surface area (Å²) in [6.45, 7) is 2.15. The van der Waals surface area contributed by atoms with Crippen LogP contribution >= 0.6 is 12.4 Å². The summed E-state index contributed by atoms with van der Waals surface area (Å²) in [6, 6.07) is 10.9. The summed E-state index contributed by atoms with van der Waals surface area (Å²) < 4.78 is 0. The first kappa shape index (κ1) is 12.1. The Balaban J connectivity index is 0.00000108. The number of hydrogen-bond donors (Lipinski definition) is 2. The third-order valence-corrected chi connectivity index (χ3v) is 3.05. The van der Waals surface area contributed by atoms with Crippen LogP contribution in [0.3, 0.4) is 0 Å². The van der Waals surface area contributed by atoms with Crippen LogP contribution in [0.2, 0.25) is 0 Å². The van der Waals surface area contributed by atoms with Gasteiger partial charge in [0.15, 0.2) is 0 Å². The molecule has 0 saturated carbocycles. The van der Waals surface area contributed by atoms with Gasteiger partial charge in [0.2, 0.25) is 0 Å². The van der Waals surface area contributed by atoms with E-state index in [1.165, 1.54) is 11.8 Å². The van der Waals surface area contributed by atoms with Crippen molar-refractivity contribution < 1.29 is 0 Å². The summed E-state index contributed by atoms with van der Waals surface area (Å²) in [4.78, 5) is 4.44. The van der Waals surface area contributed by atoms with Crippen molar-refractivity contribution in [1.82, 2.24) is 10.3 Å². The minimum atomic E-state index is 0. The molecule has 1 fully saturated rings. The largest absolute Gasteiger partial charge is 0.379 e. The summed E-state index contributed by atoms with van der Waals surface area (Å²) in [6.07, 6.45) is 3.03. The number of aromatic nitrogens is 1. The molecule has 1 aliphatic heterocycles. The predicted octanol–water partition coefficient (Wildman–Crippen LogP) is 2.43. The van der Waals surface area contributed by atoms with Gasteiger partial charge in [0, 0.05) is 24.2 Å². The van der Waals surface area contributed by atoms with Crippen molar-refractivity contribution in [3.05, 3.63) is 36.5 Å². The zero-order chi connectivity index (χ0) is 10.8. The van der Waals surface area contributed by atoms with Gasteiger partial charge < -0.3 is 10.6 Å². The topological polar surface area (TPSA) is 37.0 Å². The van der Waals surface area contributed by atoms with Gasteiger partial charge in [-0.25, -0.2) is 0 Å². The van der Waals surface area contributed by atoms with E-state index in [-0.39, 0.29) is 12.4 Å². The zero-order valence-corrected chi connectivity index (χ0v) is 10.3. The van der Waals surface area contributed by atoms with Gasteiger partial charge in [-0.3, -0.25) is 4.98 Å². The van der Waals surface area contributed by atoms with Crippen molar-refractivity contribution in [1.29, 1.82) is 0 Å². The van der Waals surface area contributed by atoms with Crippen molar-refractivity contribution in [3.63, 3.8) is 0 Å². The zero-order valence-electron chi connectivity index (χ0n) is 9.52. The number of fused-ring (bicyclic) bond motifs is 1. The number of nitrogens with one attached hydrogen (secondary N) is 2. The quantitative estimate of drug-likeness (QED) is 0.859. The summed E-state index contributed by atoms with van der Waals surface area (Å²) >= 11 is 0.